The van der Waals surface area contributed by atoms with Gasteiger partial charge in [0, 0.05) is 52.7 Å². The van der Waals surface area contributed by atoms with E-state index in [4.69, 9.17) is 11.6 Å². The van der Waals surface area contributed by atoms with Gasteiger partial charge in [0.2, 0.25) is 0 Å². The van der Waals surface area contributed by atoms with Crippen molar-refractivity contribution >= 4 is 22.5 Å². The van der Waals surface area contributed by atoms with Gasteiger partial charge in [-0.15, -0.1) is 0 Å². The first-order valence-electron chi connectivity index (χ1n) is 9.38. The largest absolute Gasteiger partial charge is 0.357 e. The summed E-state index contributed by atoms with van der Waals surface area (Å²) >= 11 is 6.50. The summed E-state index contributed by atoms with van der Waals surface area (Å²) in [7, 11) is 0. The highest BCUT2D eigenvalue weighted by Gasteiger charge is 2.34. The average molecular weight is 392 g/mol. The van der Waals surface area contributed by atoms with Crippen LogP contribution in [0.1, 0.15) is 28.4 Å². The van der Waals surface area contributed by atoms with Gasteiger partial charge in [0.25, 0.3) is 0 Å². The van der Waals surface area contributed by atoms with Crippen LogP contribution in [0.25, 0.3) is 10.9 Å². The number of nitrogens with one attached hydrogen (secondary N) is 1. The van der Waals surface area contributed by atoms with Crippen LogP contribution < -0.4 is 0 Å². The van der Waals surface area contributed by atoms with Gasteiger partial charge >= 0.3 is 0 Å². The zero-order valence-electron chi connectivity index (χ0n) is 15.2. The van der Waals surface area contributed by atoms with Gasteiger partial charge in [-0.05, 0) is 41.8 Å². The third-order valence-corrected chi connectivity index (χ3v) is 5.85. The van der Waals surface area contributed by atoms with Crippen LogP contribution in [0.4, 0.5) is 4.39 Å². The predicted octanol–water partition coefficient (Wildman–Crippen LogP) is 5.50. The summed E-state index contributed by atoms with van der Waals surface area (Å²) in [4.78, 5) is 10.1. The molecule has 0 aliphatic carbocycles. The predicted molar refractivity (Wildman–Crippen MR) is 110 cm³/mol. The molecule has 4 aromatic rings. The maximum absolute atomic E-state index is 15.0. The molecule has 0 radical (unpaired) electrons. The number of benzene rings is 2. The molecule has 5 heteroatoms. The number of aromatic nitrogens is 2. The fraction of sp³-hybridized carbons (Fsp3) is 0.174. The van der Waals surface area contributed by atoms with Crippen molar-refractivity contribution in [3.05, 3.63) is 100 Å². The van der Waals surface area contributed by atoms with E-state index in [1.165, 1.54) is 17.0 Å². The third kappa shape index (κ3) is 2.89. The third-order valence-electron chi connectivity index (χ3n) is 5.52. The summed E-state index contributed by atoms with van der Waals surface area (Å²) in [5, 5.41) is 1.66. The number of halogens is 2. The molecule has 1 aliphatic heterocycles. The smallest absolute Gasteiger partial charge is 0.129 e. The van der Waals surface area contributed by atoms with Gasteiger partial charge in [0.1, 0.15) is 5.82 Å². The van der Waals surface area contributed by atoms with Gasteiger partial charge in [0.05, 0.1) is 6.04 Å². The molecule has 3 heterocycles. The Labute approximate surface area is 167 Å². The highest BCUT2D eigenvalue weighted by Crippen LogP contribution is 2.42. The Bertz CT molecular complexity index is 1120. The summed E-state index contributed by atoms with van der Waals surface area (Å²) in [6.07, 6.45) is 4.53. The Morgan fingerprint density at radius 2 is 2.00 bits per heavy atom. The van der Waals surface area contributed by atoms with Crippen LogP contribution in [0.5, 0.6) is 0 Å². The van der Waals surface area contributed by atoms with Crippen LogP contribution in [-0.4, -0.2) is 21.4 Å². The van der Waals surface area contributed by atoms with Crippen LogP contribution in [0, 0.1) is 5.82 Å². The molecule has 1 aliphatic rings. The van der Waals surface area contributed by atoms with Crippen molar-refractivity contribution in [3.8, 4) is 0 Å². The minimum absolute atomic E-state index is 0.273. The van der Waals surface area contributed by atoms with Crippen LogP contribution in [0.2, 0.25) is 5.02 Å². The molecule has 0 saturated carbocycles. The number of hydrogen-bond donors (Lipinski definition) is 1. The van der Waals surface area contributed by atoms with Gasteiger partial charge in [-0.3, -0.25) is 9.88 Å². The molecule has 0 spiro atoms. The van der Waals surface area contributed by atoms with Crippen molar-refractivity contribution < 1.29 is 4.39 Å². The molecular weight excluding hydrogens is 373 g/mol. The number of aromatic amines is 1. The monoisotopic (exact) mass is 391 g/mol. The van der Waals surface area contributed by atoms with Crippen LogP contribution in [0.15, 0.2) is 67.0 Å². The lowest BCUT2D eigenvalue weighted by atomic mass is 9.91. The van der Waals surface area contributed by atoms with Crippen molar-refractivity contribution in [2.75, 3.05) is 6.54 Å². The molecule has 0 amide bonds. The summed E-state index contributed by atoms with van der Waals surface area (Å²) < 4.78 is 15.0. The molecule has 28 heavy (non-hydrogen) atoms. The number of hydrogen-bond acceptors (Lipinski definition) is 2. The van der Waals surface area contributed by atoms with E-state index >= 15 is 0 Å². The van der Waals surface area contributed by atoms with Gasteiger partial charge in [-0.25, -0.2) is 4.39 Å². The van der Waals surface area contributed by atoms with Crippen molar-refractivity contribution in [3.63, 3.8) is 0 Å². The second-order valence-electron chi connectivity index (χ2n) is 7.18. The molecule has 2 aromatic carbocycles. The summed E-state index contributed by atoms with van der Waals surface area (Å²) in [6.45, 7) is 1.50. The standard InChI is InChI=1S/C23H19ClFN3/c24-18-7-3-8-19(25)21(18)23-22-17(16-6-1-2-9-20(16)27-22)10-12-28(23)14-15-5-4-11-26-13-15/h1-9,11,13,23,27H,10,12,14H2. The number of pyridine rings is 1. The number of fused-ring (bicyclic) bond motifs is 3. The lowest BCUT2D eigenvalue weighted by molar-refractivity contribution is 0.198. The lowest BCUT2D eigenvalue weighted by Gasteiger charge is -2.36. The molecule has 0 saturated heterocycles. The maximum Gasteiger partial charge on any atom is 0.129 e. The maximum atomic E-state index is 15.0. The van der Waals surface area contributed by atoms with Gasteiger partial charge in [0.15, 0.2) is 0 Å². The Kier molecular flexibility index (Phi) is 4.38. The zero-order chi connectivity index (χ0) is 19.1. The topological polar surface area (TPSA) is 31.9 Å². The van der Waals surface area contributed by atoms with Gasteiger partial charge in [-0.2, -0.15) is 0 Å². The molecule has 1 atom stereocenters. The average Bonchev–Trinajstić information content (AvgIpc) is 3.09. The highest BCUT2D eigenvalue weighted by molar-refractivity contribution is 6.31. The fourth-order valence-electron chi connectivity index (χ4n) is 4.29. The number of nitrogens with zero attached hydrogens (tertiary/aromatic N) is 2. The van der Waals surface area contributed by atoms with E-state index in [0.717, 1.165) is 29.7 Å². The first-order chi connectivity index (χ1) is 13.7. The minimum Gasteiger partial charge on any atom is -0.357 e. The van der Waals surface area contributed by atoms with Crippen molar-refractivity contribution in [1.29, 1.82) is 0 Å². The first-order valence-corrected chi connectivity index (χ1v) is 9.76. The second kappa shape index (κ2) is 7.04. The summed E-state index contributed by atoms with van der Waals surface area (Å²) in [5.74, 6) is -0.278. The first kappa shape index (κ1) is 17.4. The fourth-order valence-corrected chi connectivity index (χ4v) is 4.55. The summed E-state index contributed by atoms with van der Waals surface area (Å²) in [6, 6.07) is 16.9. The van der Waals surface area contributed by atoms with E-state index in [0.29, 0.717) is 17.1 Å². The Morgan fingerprint density at radius 3 is 2.82 bits per heavy atom. The van der Waals surface area contributed by atoms with E-state index in [1.54, 1.807) is 18.3 Å². The van der Waals surface area contributed by atoms with Gasteiger partial charge in [-0.1, -0.05) is 41.9 Å². The van der Waals surface area contributed by atoms with Crippen LogP contribution in [0.3, 0.4) is 0 Å². The molecule has 3 nitrogen and oxygen atoms in total. The molecule has 140 valence electrons. The minimum atomic E-state index is -0.278. The molecule has 0 bridgehead atoms. The molecule has 2 aromatic heterocycles. The Morgan fingerprint density at radius 1 is 1.11 bits per heavy atom. The van der Waals surface area contributed by atoms with Crippen LogP contribution >= 0.6 is 11.6 Å². The van der Waals surface area contributed by atoms with E-state index in [-0.39, 0.29) is 11.9 Å². The van der Waals surface area contributed by atoms with E-state index in [9.17, 15) is 4.39 Å². The molecule has 0 fully saturated rings. The molecule has 1 N–H and O–H groups in total. The molecule has 1 unspecified atom stereocenters. The van der Waals surface area contributed by atoms with E-state index in [1.807, 2.05) is 30.5 Å². The normalized spacial score (nSPS) is 17.0. The Hall–Kier alpha value is -2.69. The second-order valence-corrected chi connectivity index (χ2v) is 7.59. The van der Waals surface area contributed by atoms with Crippen molar-refractivity contribution in [2.45, 2.75) is 19.0 Å². The Balaban J connectivity index is 1.68. The van der Waals surface area contributed by atoms with Crippen molar-refractivity contribution in [2.24, 2.45) is 0 Å². The van der Waals surface area contributed by atoms with E-state index in [2.05, 4.69) is 27.0 Å². The lowest BCUT2D eigenvalue weighted by Crippen LogP contribution is -2.36. The molecule has 5 rings (SSSR count). The number of para-hydroxylation sites is 1. The molecular formula is C23H19ClFN3. The van der Waals surface area contributed by atoms with Crippen LogP contribution in [-0.2, 0) is 13.0 Å². The van der Waals surface area contributed by atoms with Gasteiger partial charge < -0.3 is 4.98 Å². The quantitative estimate of drug-likeness (QED) is 0.499. The van der Waals surface area contributed by atoms with E-state index < -0.39 is 0 Å². The summed E-state index contributed by atoms with van der Waals surface area (Å²) in [5.41, 5.74) is 4.99. The number of H-pyrrole nitrogens is 1. The SMILES string of the molecule is Fc1cccc(Cl)c1C1c2[nH]c3ccccc3c2CCN1Cc1cccnc1. The number of rotatable bonds is 3. The van der Waals surface area contributed by atoms with Crippen molar-refractivity contribution in [1.82, 2.24) is 14.9 Å². The highest BCUT2D eigenvalue weighted by atomic mass is 35.5. The zero-order valence-corrected chi connectivity index (χ0v) is 16.0.